The second-order valence-electron chi connectivity index (χ2n) is 7.18. The number of hydrogen-bond donors (Lipinski definition) is 1. The number of rotatable bonds is 6. The van der Waals surface area contributed by atoms with Crippen molar-refractivity contribution in [1.82, 2.24) is 10.3 Å². The number of halogens is 1. The molecule has 1 unspecified atom stereocenters. The lowest BCUT2D eigenvalue weighted by Crippen LogP contribution is -2.39. The van der Waals surface area contributed by atoms with Gasteiger partial charge in [-0.05, 0) is 52.9 Å². The molecule has 0 bridgehead atoms. The third-order valence-corrected chi connectivity index (χ3v) is 5.07. The lowest BCUT2D eigenvalue weighted by atomic mass is 9.94. The van der Waals surface area contributed by atoms with E-state index in [4.69, 9.17) is 14.7 Å². The minimum atomic E-state index is -0.528. The van der Waals surface area contributed by atoms with E-state index in [1.54, 1.807) is 18.5 Å². The normalized spacial score (nSPS) is 16.1. The highest BCUT2D eigenvalue weighted by atomic mass is 19.1. The minimum Gasteiger partial charge on any atom is -0.487 e. The fourth-order valence-electron chi connectivity index (χ4n) is 3.53. The number of benzene rings is 2. The van der Waals surface area contributed by atoms with Gasteiger partial charge in [0, 0.05) is 19.3 Å². The number of hydrogen-bond acceptors (Lipinski definition) is 5. The molecular formula is C24H22FN3O2. The SMILES string of the molecule is N#Cc1ccc(-c2cc(CC3CNCCO3)ccc2COc2cccnc2)cc1F. The molecule has 0 amide bonds. The van der Waals surface area contributed by atoms with Crippen molar-refractivity contribution in [3.8, 4) is 22.9 Å². The van der Waals surface area contributed by atoms with Gasteiger partial charge in [0.1, 0.15) is 24.2 Å². The summed E-state index contributed by atoms with van der Waals surface area (Å²) >= 11 is 0. The summed E-state index contributed by atoms with van der Waals surface area (Å²) in [6.45, 7) is 2.71. The van der Waals surface area contributed by atoms with Crippen molar-refractivity contribution in [2.45, 2.75) is 19.1 Å². The molecule has 0 saturated carbocycles. The molecule has 2 aromatic carbocycles. The minimum absolute atomic E-state index is 0.0322. The van der Waals surface area contributed by atoms with Crippen LogP contribution in [0.15, 0.2) is 60.9 Å². The average molecular weight is 403 g/mol. The van der Waals surface area contributed by atoms with Crippen LogP contribution >= 0.6 is 0 Å². The Morgan fingerprint density at radius 2 is 2.17 bits per heavy atom. The van der Waals surface area contributed by atoms with Gasteiger partial charge in [-0.1, -0.05) is 24.3 Å². The van der Waals surface area contributed by atoms with Crippen molar-refractivity contribution >= 4 is 0 Å². The Balaban J connectivity index is 1.64. The quantitative estimate of drug-likeness (QED) is 0.677. The Bertz CT molecular complexity index is 1040. The third kappa shape index (κ3) is 4.82. The van der Waals surface area contributed by atoms with Crippen molar-refractivity contribution in [2.24, 2.45) is 0 Å². The Morgan fingerprint density at radius 1 is 1.23 bits per heavy atom. The summed E-state index contributed by atoms with van der Waals surface area (Å²) in [5, 5.41) is 12.4. The van der Waals surface area contributed by atoms with Crippen LogP contribution in [0.4, 0.5) is 4.39 Å². The first-order chi connectivity index (χ1) is 14.7. The molecule has 1 fully saturated rings. The topological polar surface area (TPSA) is 67.2 Å². The standard InChI is InChI=1S/C24H22FN3O2/c25-24-12-18(5-6-19(24)13-26)23-11-17(10-22-15-28-8-9-29-22)3-4-20(23)16-30-21-2-1-7-27-14-21/h1-7,11-12,14,22,28H,8-10,15-16H2. The number of morpholine rings is 1. The summed E-state index contributed by atoms with van der Waals surface area (Å²) < 4.78 is 26.0. The van der Waals surface area contributed by atoms with Gasteiger partial charge >= 0.3 is 0 Å². The molecule has 4 rings (SSSR count). The molecule has 1 N–H and O–H groups in total. The second kappa shape index (κ2) is 9.49. The number of pyridine rings is 1. The van der Waals surface area contributed by atoms with Crippen molar-refractivity contribution in [3.05, 3.63) is 83.4 Å². The second-order valence-corrected chi connectivity index (χ2v) is 7.18. The van der Waals surface area contributed by atoms with Crippen LogP contribution < -0.4 is 10.1 Å². The molecule has 6 heteroatoms. The summed E-state index contributed by atoms with van der Waals surface area (Å²) in [5.41, 5.74) is 3.65. The lowest BCUT2D eigenvalue weighted by Gasteiger charge is -2.24. The van der Waals surface area contributed by atoms with Gasteiger partial charge in [-0.25, -0.2) is 4.39 Å². The van der Waals surface area contributed by atoms with Crippen LogP contribution in [0.2, 0.25) is 0 Å². The van der Waals surface area contributed by atoms with Crippen LogP contribution in [0.5, 0.6) is 5.75 Å². The molecule has 1 saturated heterocycles. The highest BCUT2D eigenvalue weighted by molar-refractivity contribution is 5.69. The smallest absolute Gasteiger partial charge is 0.141 e. The highest BCUT2D eigenvalue weighted by Crippen LogP contribution is 2.28. The van der Waals surface area contributed by atoms with Crippen LogP contribution in [0.1, 0.15) is 16.7 Å². The van der Waals surface area contributed by atoms with E-state index in [9.17, 15) is 4.39 Å². The molecular weight excluding hydrogens is 381 g/mol. The van der Waals surface area contributed by atoms with Crippen LogP contribution in [0.3, 0.4) is 0 Å². The number of nitrogens with one attached hydrogen (secondary N) is 1. The first-order valence-electron chi connectivity index (χ1n) is 9.90. The maximum atomic E-state index is 14.3. The van der Waals surface area contributed by atoms with Crippen molar-refractivity contribution in [2.75, 3.05) is 19.7 Å². The number of aromatic nitrogens is 1. The monoisotopic (exact) mass is 403 g/mol. The van der Waals surface area contributed by atoms with Gasteiger partial charge in [0.15, 0.2) is 0 Å². The molecule has 1 aliphatic heterocycles. The zero-order valence-electron chi connectivity index (χ0n) is 16.5. The Hall–Kier alpha value is -3.27. The first kappa shape index (κ1) is 20.0. The molecule has 152 valence electrons. The fourth-order valence-corrected chi connectivity index (χ4v) is 3.53. The predicted molar refractivity (Wildman–Crippen MR) is 111 cm³/mol. The van der Waals surface area contributed by atoms with Gasteiger partial charge in [-0.2, -0.15) is 5.26 Å². The Morgan fingerprint density at radius 3 is 2.90 bits per heavy atom. The summed E-state index contributed by atoms with van der Waals surface area (Å²) in [5.74, 6) is 0.138. The number of nitriles is 1. The average Bonchev–Trinajstić information content (AvgIpc) is 2.79. The van der Waals surface area contributed by atoms with Gasteiger partial charge in [-0.3, -0.25) is 4.98 Å². The van der Waals surface area contributed by atoms with E-state index in [1.165, 1.54) is 12.1 Å². The Kier molecular flexibility index (Phi) is 6.33. The molecule has 0 aliphatic carbocycles. The molecule has 3 aromatic rings. The van der Waals surface area contributed by atoms with E-state index in [1.807, 2.05) is 24.3 Å². The van der Waals surface area contributed by atoms with Gasteiger partial charge < -0.3 is 14.8 Å². The van der Waals surface area contributed by atoms with Crippen LogP contribution in [0.25, 0.3) is 11.1 Å². The van der Waals surface area contributed by atoms with Gasteiger partial charge in [0.25, 0.3) is 0 Å². The molecule has 2 heterocycles. The lowest BCUT2D eigenvalue weighted by molar-refractivity contribution is 0.0292. The molecule has 1 aliphatic rings. The zero-order valence-corrected chi connectivity index (χ0v) is 16.5. The fraction of sp³-hybridized carbons (Fsp3) is 0.250. The first-order valence-corrected chi connectivity index (χ1v) is 9.90. The van der Waals surface area contributed by atoms with E-state index in [0.29, 0.717) is 24.5 Å². The van der Waals surface area contributed by atoms with Crippen LogP contribution in [-0.2, 0) is 17.8 Å². The van der Waals surface area contributed by atoms with E-state index in [0.717, 1.165) is 36.2 Å². The summed E-state index contributed by atoms with van der Waals surface area (Å²) in [7, 11) is 0. The summed E-state index contributed by atoms with van der Waals surface area (Å²) in [4.78, 5) is 4.06. The van der Waals surface area contributed by atoms with Crippen molar-refractivity contribution < 1.29 is 13.9 Å². The number of ether oxygens (including phenoxy) is 2. The van der Waals surface area contributed by atoms with Crippen molar-refractivity contribution in [1.29, 1.82) is 5.26 Å². The van der Waals surface area contributed by atoms with Gasteiger partial charge in [0.05, 0.1) is 24.5 Å². The van der Waals surface area contributed by atoms with Crippen molar-refractivity contribution in [3.63, 3.8) is 0 Å². The number of nitrogens with zero attached hydrogens (tertiary/aromatic N) is 2. The molecule has 30 heavy (non-hydrogen) atoms. The largest absolute Gasteiger partial charge is 0.487 e. The molecule has 0 spiro atoms. The molecule has 0 radical (unpaired) electrons. The summed E-state index contributed by atoms with van der Waals surface area (Å²) in [6, 6.07) is 16.3. The zero-order chi connectivity index (χ0) is 20.8. The van der Waals surface area contributed by atoms with E-state index in [-0.39, 0.29) is 11.7 Å². The van der Waals surface area contributed by atoms with Crippen LogP contribution in [0, 0.1) is 17.1 Å². The maximum Gasteiger partial charge on any atom is 0.141 e. The highest BCUT2D eigenvalue weighted by Gasteiger charge is 2.16. The van der Waals surface area contributed by atoms with Gasteiger partial charge in [-0.15, -0.1) is 0 Å². The molecule has 5 nitrogen and oxygen atoms in total. The van der Waals surface area contributed by atoms with Crippen LogP contribution in [-0.4, -0.2) is 30.8 Å². The van der Waals surface area contributed by atoms with E-state index < -0.39 is 5.82 Å². The molecule has 1 aromatic heterocycles. The van der Waals surface area contributed by atoms with E-state index in [2.05, 4.69) is 22.4 Å². The maximum absolute atomic E-state index is 14.3. The summed E-state index contributed by atoms with van der Waals surface area (Å²) in [6.07, 6.45) is 4.22. The van der Waals surface area contributed by atoms with Gasteiger partial charge in [0.2, 0.25) is 0 Å². The third-order valence-electron chi connectivity index (χ3n) is 5.07. The predicted octanol–water partition coefficient (Wildman–Crippen LogP) is 3.87. The Labute approximate surface area is 175 Å². The van der Waals surface area contributed by atoms with E-state index >= 15 is 0 Å². The molecule has 1 atom stereocenters.